The molecule has 0 radical (unpaired) electrons. The van der Waals surface area contributed by atoms with Crippen LogP contribution >= 0.6 is 0 Å². The van der Waals surface area contributed by atoms with Crippen LogP contribution in [0.15, 0.2) is 121 Å². The van der Waals surface area contributed by atoms with Crippen LogP contribution in [-0.2, 0) is 14.4 Å². The predicted octanol–water partition coefficient (Wildman–Crippen LogP) is 6.58. The van der Waals surface area contributed by atoms with Crippen molar-refractivity contribution >= 4 is 25.6 Å². The van der Waals surface area contributed by atoms with Gasteiger partial charge in [-0.15, -0.1) is 0 Å². The molecular formula is C32H32SiZr. The molecule has 2 aliphatic rings. The Labute approximate surface area is 199 Å². The van der Waals surface area contributed by atoms with Gasteiger partial charge in [0.2, 0.25) is 0 Å². The summed E-state index contributed by atoms with van der Waals surface area (Å²) < 4.78 is 9.10. The Morgan fingerprint density at radius 3 is 1.26 bits per heavy atom. The molecule has 0 heterocycles. The minimum atomic E-state index is -5.41. The Kier molecular flexibility index (Phi) is 4.11. The second-order valence-corrected chi connectivity index (χ2v) is 60.5. The van der Waals surface area contributed by atoms with E-state index in [9.17, 15) is 0 Å². The maximum atomic E-state index is 2.74. The molecule has 0 nitrogen and oxygen atoms in total. The van der Waals surface area contributed by atoms with Gasteiger partial charge < -0.3 is 0 Å². The molecule has 0 fully saturated rings. The van der Waals surface area contributed by atoms with Crippen LogP contribution < -0.4 is 6.54 Å². The SMILES string of the molecule is [CH3][Zr]([CH3])(=[SiH2])([c]1ccccc1)([c]1ccccc1)([CH]1C=Cc2ccccc21)[CH]1C=Cc2ccccc21. The number of hydrogen-bond donors (Lipinski definition) is 0. The Morgan fingerprint density at radius 2 is 0.853 bits per heavy atom. The van der Waals surface area contributed by atoms with Gasteiger partial charge in [0.05, 0.1) is 0 Å². The minimum absolute atomic E-state index is 0.289. The molecule has 2 aliphatic carbocycles. The van der Waals surface area contributed by atoms with E-state index in [-0.39, 0.29) is 7.25 Å². The first kappa shape index (κ1) is 22.0. The van der Waals surface area contributed by atoms with E-state index in [0.717, 1.165) is 0 Å². The quantitative estimate of drug-likeness (QED) is 0.259. The van der Waals surface area contributed by atoms with E-state index in [1.165, 1.54) is 28.8 Å². The molecule has 0 saturated carbocycles. The summed E-state index contributed by atoms with van der Waals surface area (Å²) in [5.74, 6) is 0. The van der Waals surface area contributed by atoms with Gasteiger partial charge in [-0.3, -0.25) is 0 Å². The fourth-order valence-electron chi connectivity index (χ4n) is 8.06. The first-order valence-electron chi connectivity index (χ1n) is 12.4. The molecule has 0 bridgehead atoms. The third-order valence-electron chi connectivity index (χ3n) is 10.3. The molecule has 0 saturated heterocycles. The molecule has 0 amide bonds. The fraction of sp³-hybridized carbons (Fsp3) is 0.125. The molecule has 0 N–H and O–H groups in total. The van der Waals surface area contributed by atoms with Crippen LogP contribution in [0.5, 0.6) is 0 Å². The molecular weight excluding hydrogens is 504 g/mol. The zero-order chi connectivity index (χ0) is 23.6. The van der Waals surface area contributed by atoms with Crippen molar-refractivity contribution in [2.24, 2.45) is 0 Å². The van der Waals surface area contributed by atoms with Crippen molar-refractivity contribution in [2.75, 3.05) is 0 Å². The van der Waals surface area contributed by atoms with E-state index >= 15 is 0 Å². The van der Waals surface area contributed by atoms with E-state index < -0.39 is 14.4 Å². The molecule has 4 aromatic rings. The van der Waals surface area contributed by atoms with Crippen LogP contribution in [0.2, 0.25) is 9.26 Å². The number of rotatable bonds is 4. The van der Waals surface area contributed by atoms with Crippen molar-refractivity contribution in [1.29, 1.82) is 0 Å². The normalized spacial score (nSPS) is 21.6. The van der Waals surface area contributed by atoms with Crippen LogP contribution in [-0.4, -0.2) is 6.88 Å². The van der Waals surface area contributed by atoms with Gasteiger partial charge >= 0.3 is 200 Å². The van der Waals surface area contributed by atoms with Crippen molar-refractivity contribution in [2.45, 2.75) is 16.5 Å². The van der Waals surface area contributed by atoms with E-state index in [1.807, 2.05) is 0 Å². The van der Waals surface area contributed by atoms with E-state index in [2.05, 4.69) is 150 Å². The molecule has 2 unspecified atom stereocenters. The first-order valence-corrected chi connectivity index (χ1v) is 28.5. The first-order chi connectivity index (χ1) is 16.2. The maximum absolute atomic E-state index is 5.41. The van der Waals surface area contributed by atoms with Crippen molar-refractivity contribution in [3.8, 4) is 0 Å². The number of hydrogen-bond acceptors (Lipinski definition) is 0. The molecule has 2 atom stereocenters. The zero-order valence-electron chi connectivity index (χ0n) is 20.1. The second kappa shape index (κ2) is 6.36. The molecule has 0 spiro atoms. The topological polar surface area (TPSA) is 0 Å². The monoisotopic (exact) mass is 534 g/mol. The third kappa shape index (κ3) is 2.32. The van der Waals surface area contributed by atoms with E-state index in [0.29, 0.717) is 0 Å². The molecule has 34 heavy (non-hydrogen) atoms. The molecule has 0 aromatic heterocycles. The van der Waals surface area contributed by atoms with Crippen LogP contribution in [0.1, 0.15) is 29.5 Å². The molecule has 168 valence electrons. The van der Waals surface area contributed by atoms with Gasteiger partial charge in [-0.25, -0.2) is 0 Å². The summed E-state index contributed by atoms with van der Waals surface area (Å²) in [7, 11) is 0. The summed E-state index contributed by atoms with van der Waals surface area (Å²) in [6.45, 7) is 2.40. The number of fused-ring (bicyclic) bond motifs is 2. The Hall–Kier alpha value is -2.54. The van der Waals surface area contributed by atoms with Gasteiger partial charge in [0, 0.05) is 0 Å². The predicted molar refractivity (Wildman–Crippen MR) is 149 cm³/mol. The summed E-state index contributed by atoms with van der Waals surface area (Å²) in [6, 6.07) is 41.2. The van der Waals surface area contributed by atoms with Crippen molar-refractivity contribution in [3.05, 3.63) is 144 Å². The summed E-state index contributed by atoms with van der Waals surface area (Å²) in [4.78, 5) is 0. The van der Waals surface area contributed by atoms with Crippen LogP contribution in [0.25, 0.3) is 12.2 Å². The van der Waals surface area contributed by atoms with Crippen LogP contribution in [0.3, 0.4) is 0 Å². The summed E-state index contributed by atoms with van der Waals surface area (Å²) in [5.41, 5.74) is 5.66. The standard InChI is InChI=1S/2C9H7.2C6H5.2CH3.H2Si.Zr/c2*1-2-5-9-7-3-6-8(9)4-1;2*1-2-4-6-5-3-1;;;;/h2*1-7H;2*1-5H;2*1H3;1H2;. The van der Waals surface area contributed by atoms with Gasteiger partial charge in [-0.2, -0.15) is 0 Å². The van der Waals surface area contributed by atoms with Crippen LogP contribution in [0, 0.1) is 0 Å². The molecule has 0 aliphatic heterocycles. The Bertz CT molecular complexity index is 1510. The zero-order valence-corrected chi connectivity index (χ0v) is 23.9. The average Bonchev–Trinajstić information content (AvgIpc) is 3.52. The number of allylic oxidation sites excluding steroid dienone is 2. The molecule has 2 heteroatoms. The van der Waals surface area contributed by atoms with E-state index in [4.69, 9.17) is 0 Å². The van der Waals surface area contributed by atoms with E-state index in [1.54, 1.807) is 0 Å². The van der Waals surface area contributed by atoms with Gasteiger partial charge in [-0.05, 0) is 0 Å². The van der Waals surface area contributed by atoms with Crippen molar-refractivity contribution < 1.29 is 14.4 Å². The third-order valence-corrected chi connectivity index (χ3v) is 50.0. The number of benzene rings is 4. The van der Waals surface area contributed by atoms with Crippen molar-refractivity contribution in [3.63, 3.8) is 0 Å². The fourth-order valence-corrected chi connectivity index (χ4v) is 40.8. The second-order valence-electron chi connectivity index (χ2n) is 12.7. The Morgan fingerprint density at radius 1 is 0.500 bits per heavy atom. The summed E-state index contributed by atoms with van der Waals surface area (Å²) >= 11 is -5.41. The summed E-state index contributed by atoms with van der Waals surface area (Å²) in [6.07, 6.45) is 9.86. The molecule has 4 aromatic carbocycles. The van der Waals surface area contributed by atoms with Gasteiger partial charge in [0.15, 0.2) is 0 Å². The average molecular weight is 536 g/mol. The molecule has 6 rings (SSSR count). The Balaban J connectivity index is 1.91. The van der Waals surface area contributed by atoms with Crippen molar-refractivity contribution in [1.82, 2.24) is 0 Å². The van der Waals surface area contributed by atoms with Gasteiger partial charge in [-0.1, -0.05) is 0 Å². The summed E-state index contributed by atoms with van der Waals surface area (Å²) in [5, 5.41) is 0. The van der Waals surface area contributed by atoms with Crippen LogP contribution in [0.4, 0.5) is 0 Å². The van der Waals surface area contributed by atoms with Gasteiger partial charge in [0.1, 0.15) is 0 Å². The van der Waals surface area contributed by atoms with Gasteiger partial charge in [0.25, 0.3) is 0 Å².